The molecule has 0 amide bonds. The van der Waals surface area contributed by atoms with Crippen molar-refractivity contribution in [3.05, 3.63) is 194 Å². The number of benzene rings is 6. The van der Waals surface area contributed by atoms with Crippen molar-refractivity contribution >= 4 is 64.3 Å². The van der Waals surface area contributed by atoms with Crippen LogP contribution in [0.3, 0.4) is 0 Å². The van der Waals surface area contributed by atoms with Gasteiger partial charge in [0.15, 0.2) is 0 Å². The minimum absolute atomic E-state index is 0. The maximum atomic E-state index is 10.9. The molecule has 0 aliphatic rings. The van der Waals surface area contributed by atoms with E-state index in [9.17, 15) is 9.59 Å². The number of rotatable bonds is 17. The molecule has 0 saturated heterocycles. The maximum Gasteiger partial charge on any atom is 2.00 e. The standard InChI is InChI=1S/2C23H23O2P.C2H4O3.2H2N.Pt/c2*24-23(25)18-10-11-19-26(20-12-4-1-5-13-20,21-14-6-2-7-15-21)22-16-8-3-9-17-22;3-1-2(4)5;;;/h2*1-9,12-17H,10-11,18-19H2;3H,1H2,(H,4,5);2*1H2;/q;;;2*-1;+2/p+2. The van der Waals surface area contributed by atoms with Gasteiger partial charge < -0.3 is 32.7 Å². The van der Waals surface area contributed by atoms with E-state index in [1.54, 1.807) is 0 Å². The molecule has 0 aliphatic carbocycles. The van der Waals surface area contributed by atoms with Crippen molar-refractivity contribution in [3.8, 4) is 0 Å². The molecule has 12 heteroatoms. The molecule has 0 saturated carbocycles. The molecule has 318 valence electrons. The summed E-state index contributed by atoms with van der Waals surface area (Å²) in [6.07, 6.45) is 5.66. The van der Waals surface area contributed by atoms with E-state index in [0.717, 1.165) is 25.2 Å². The minimum Gasteiger partial charge on any atom is -0.693 e. The number of carbonyl (C=O) groups is 3. The van der Waals surface area contributed by atoms with Crippen LogP contribution in [0.1, 0.15) is 38.5 Å². The first-order valence-electron chi connectivity index (χ1n) is 19.1. The fourth-order valence-electron chi connectivity index (χ4n) is 7.01. The number of carboxylic acid groups (broad SMARTS) is 3. The normalized spacial score (nSPS) is 10.3. The number of hydrogen-bond acceptors (Lipinski definition) is 4. The summed E-state index contributed by atoms with van der Waals surface area (Å²) >= 11 is 0. The fraction of sp³-hybridized carbons (Fsp3) is 0.188. The summed E-state index contributed by atoms with van der Waals surface area (Å²) in [5, 5.41) is 41.1. The smallest absolute Gasteiger partial charge is 0.693 e. The van der Waals surface area contributed by atoms with Crippen LogP contribution in [-0.2, 0) is 35.4 Å². The molecule has 6 aromatic rings. The zero-order valence-corrected chi connectivity index (χ0v) is 37.6. The van der Waals surface area contributed by atoms with Crippen molar-refractivity contribution in [3.63, 3.8) is 0 Å². The average Bonchev–Trinajstić information content (AvgIpc) is 3.26. The molecule has 6 aromatic carbocycles. The Hall–Kier alpha value is -4.84. The topological polar surface area (TPSA) is 199 Å². The van der Waals surface area contributed by atoms with Crippen molar-refractivity contribution in [1.82, 2.24) is 0 Å². The Balaban J connectivity index is 0.000000516. The summed E-state index contributed by atoms with van der Waals surface area (Å²) in [5.74, 6) is -2.62. The molecule has 0 bridgehead atoms. The summed E-state index contributed by atoms with van der Waals surface area (Å²) in [6.45, 7) is -0.778. The molecule has 0 fully saturated rings. The average molecular weight is 1030 g/mol. The van der Waals surface area contributed by atoms with Gasteiger partial charge in [-0.05, 0) is 98.5 Å². The molecule has 9 nitrogen and oxygen atoms in total. The van der Waals surface area contributed by atoms with E-state index >= 15 is 0 Å². The number of aliphatic hydroxyl groups is 1. The van der Waals surface area contributed by atoms with Crippen molar-refractivity contribution in [2.75, 3.05) is 18.9 Å². The van der Waals surface area contributed by atoms with E-state index in [4.69, 9.17) is 25.2 Å². The summed E-state index contributed by atoms with van der Waals surface area (Å²) in [4.78, 5) is 31.0. The Kier molecular flexibility index (Phi) is 25.3. The predicted octanol–water partition coefficient (Wildman–Crippen LogP) is 8.97. The van der Waals surface area contributed by atoms with E-state index in [1.165, 1.54) is 31.8 Å². The third-order valence-electron chi connectivity index (χ3n) is 9.59. The van der Waals surface area contributed by atoms with Gasteiger partial charge in [0, 0.05) is 12.8 Å². The zero-order chi connectivity index (χ0) is 40.8. The van der Waals surface area contributed by atoms with Gasteiger partial charge in [-0.1, -0.05) is 109 Å². The van der Waals surface area contributed by atoms with Crippen LogP contribution in [-0.4, -0.2) is 57.3 Å². The fourth-order valence-corrected chi connectivity index (χ4v) is 15.8. The molecule has 6 rings (SSSR count). The Morgan fingerprint density at radius 1 is 0.350 bits per heavy atom. The number of aliphatic hydroxyl groups excluding tert-OH is 1. The van der Waals surface area contributed by atoms with Crippen molar-refractivity contribution < 1.29 is 55.9 Å². The van der Waals surface area contributed by atoms with Gasteiger partial charge >= 0.3 is 39.0 Å². The summed E-state index contributed by atoms with van der Waals surface area (Å²) in [6, 6.07) is 64.3. The largest absolute Gasteiger partial charge is 2.00 e. The van der Waals surface area contributed by atoms with E-state index in [0.29, 0.717) is 12.8 Å². The second-order valence-electron chi connectivity index (χ2n) is 13.3. The van der Waals surface area contributed by atoms with Crippen molar-refractivity contribution in [1.29, 1.82) is 0 Å². The number of hydrogen-bond donors (Lipinski definition) is 4. The molecule has 60 heavy (non-hydrogen) atoms. The third kappa shape index (κ3) is 15.3. The second kappa shape index (κ2) is 28.6. The molecule has 8 N–H and O–H groups in total. The van der Waals surface area contributed by atoms with Gasteiger partial charge in [-0.3, -0.25) is 9.59 Å². The van der Waals surface area contributed by atoms with Crippen LogP contribution in [0.4, 0.5) is 0 Å². The summed E-state index contributed by atoms with van der Waals surface area (Å²) in [7, 11) is -3.61. The van der Waals surface area contributed by atoms with Crippen molar-refractivity contribution in [2.24, 2.45) is 0 Å². The minimum atomic E-state index is -1.81. The molecule has 0 unspecified atom stereocenters. The number of nitrogens with two attached hydrogens (primary N) is 2. The Morgan fingerprint density at radius 3 is 0.683 bits per heavy atom. The molecule has 0 spiro atoms. The van der Waals surface area contributed by atoms with Gasteiger partial charge in [-0.25, -0.2) is 4.79 Å². The molecule has 0 atom stereocenters. The van der Waals surface area contributed by atoms with Gasteiger partial charge in [0.1, 0.15) is 53.0 Å². The van der Waals surface area contributed by atoms with Gasteiger partial charge in [-0.15, -0.1) is 0 Å². The van der Waals surface area contributed by atoms with E-state index in [2.05, 4.69) is 182 Å². The van der Waals surface area contributed by atoms with Crippen LogP contribution in [0.25, 0.3) is 12.3 Å². The first kappa shape index (κ1) is 53.2. The van der Waals surface area contributed by atoms with E-state index in [1.807, 2.05) is 0 Å². The Bertz CT molecular complexity index is 1730. The van der Waals surface area contributed by atoms with E-state index < -0.39 is 39.0 Å². The first-order chi connectivity index (χ1) is 27.7. The van der Waals surface area contributed by atoms with Gasteiger partial charge in [0.05, 0.1) is 12.3 Å². The van der Waals surface area contributed by atoms with E-state index in [-0.39, 0.29) is 46.2 Å². The van der Waals surface area contributed by atoms with Gasteiger partial charge in [0.25, 0.3) is 0 Å². The summed E-state index contributed by atoms with van der Waals surface area (Å²) in [5.41, 5.74) is 0. The molecule has 0 radical (unpaired) electrons. The number of aliphatic carboxylic acids is 3. The third-order valence-corrected chi connectivity index (χ3v) is 18.6. The van der Waals surface area contributed by atoms with Crippen LogP contribution in [0.2, 0.25) is 0 Å². The zero-order valence-electron chi connectivity index (χ0n) is 33.6. The molecule has 0 aliphatic heterocycles. The first-order valence-corrected chi connectivity index (χ1v) is 23.0. The maximum absolute atomic E-state index is 10.9. The SMILES string of the molecule is O=C(O)CCCC[P+](c1ccccc1)(c1ccccc1)c1ccccc1.O=C(O)CCCC[P+](c1ccccc1)(c1ccccc1)c1ccccc1.O=C(O)CO.[NH2-].[NH2-].[Pt+2]. The monoisotopic (exact) mass is 1030 g/mol. The second-order valence-corrected chi connectivity index (χ2v) is 20.6. The van der Waals surface area contributed by atoms with Gasteiger partial charge in [0.2, 0.25) is 0 Å². The Labute approximate surface area is 370 Å². The quantitative estimate of drug-likeness (QED) is 0.0516. The van der Waals surface area contributed by atoms with Crippen LogP contribution >= 0.6 is 14.5 Å². The Morgan fingerprint density at radius 2 is 0.533 bits per heavy atom. The number of carboxylic acids is 3. The van der Waals surface area contributed by atoms with Crippen LogP contribution in [0, 0.1) is 0 Å². The van der Waals surface area contributed by atoms with Gasteiger partial charge in [-0.2, -0.15) is 0 Å². The molecular weight excluding hydrogens is 974 g/mol. The molecular formula is C48H56N2O7P2Pt+2. The van der Waals surface area contributed by atoms with Crippen LogP contribution < -0.4 is 31.8 Å². The van der Waals surface area contributed by atoms with Crippen molar-refractivity contribution in [2.45, 2.75) is 38.5 Å². The number of unbranched alkanes of at least 4 members (excludes halogenated alkanes) is 2. The molecule has 0 heterocycles. The van der Waals surface area contributed by atoms with Crippen LogP contribution in [0.15, 0.2) is 182 Å². The predicted molar refractivity (Wildman–Crippen MR) is 248 cm³/mol. The van der Waals surface area contributed by atoms with Crippen LogP contribution in [0.5, 0.6) is 0 Å². The summed E-state index contributed by atoms with van der Waals surface area (Å²) < 4.78 is 0. The molecule has 0 aromatic heterocycles.